The number of hydrogen-bond donors (Lipinski definition) is 3. The van der Waals surface area contributed by atoms with Gasteiger partial charge in [0.15, 0.2) is 11.7 Å². The fourth-order valence-electron chi connectivity index (χ4n) is 2.66. The van der Waals surface area contributed by atoms with Crippen LogP contribution in [0.4, 0.5) is 11.6 Å². The Hall–Kier alpha value is -3.57. The Morgan fingerprint density at radius 1 is 1.00 bits per heavy atom. The summed E-state index contributed by atoms with van der Waals surface area (Å²) >= 11 is 5.11. The molecule has 1 heterocycles. The van der Waals surface area contributed by atoms with E-state index in [1.54, 1.807) is 44.2 Å². The second-order valence-corrected chi connectivity index (χ2v) is 8.80. The maximum atomic E-state index is 12.6. The van der Waals surface area contributed by atoms with E-state index >= 15 is 0 Å². The molecule has 0 aliphatic heterocycles. The molecule has 0 spiro atoms. The molecule has 9 nitrogen and oxygen atoms in total. The van der Waals surface area contributed by atoms with E-state index in [2.05, 4.69) is 25.3 Å². The third kappa shape index (κ3) is 6.72. The average molecular weight is 472 g/mol. The number of aryl methyl sites for hydroxylation is 2. The van der Waals surface area contributed by atoms with Crippen molar-refractivity contribution >= 4 is 44.9 Å². The topological polar surface area (TPSA) is 122 Å². The largest absolute Gasteiger partial charge is 0.484 e. The SMILES string of the molecule is Cc1cc(C)nc(NS(=O)(=O)c2ccc(NC(=S)NC(=O)COc3ccccc3)cc2)n1. The monoisotopic (exact) mass is 471 g/mol. The fraction of sp³-hybridized carbons (Fsp3) is 0.143. The van der Waals surface area contributed by atoms with Crippen LogP contribution in [0.1, 0.15) is 11.4 Å². The number of ether oxygens (including phenoxy) is 1. The van der Waals surface area contributed by atoms with Crippen LogP contribution in [-0.2, 0) is 14.8 Å². The number of nitrogens with zero attached hydrogens (tertiary/aromatic N) is 2. The van der Waals surface area contributed by atoms with Crippen LogP contribution in [0.15, 0.2) is 65.6 Å². The van der Waals surface area contributed by atoms with Gasteiger partial charge in [-0.2, -0.15) is 0 Å². The van der Waals surface area contributed by atoms with Gasteiger partial charge in [-0.3, -0.25) is 10.1 Å². The highest BCUT2D eigenvalue weighted by Gasteiger charge is 2.16. The van der Waals surface area contributed by atoms with Gasteiger partial charge in [-0.05, 0) is 68.5 Å². The first-order valence-corrected chi connectivity index (χ1v) is 11.3. The highest BCUT2D eigenvalue weighted by atomic mass is 32.2. The zero-order valence-electron chi connectivity index (χ0n) is 17.3. The van der Waals surface area contributed by atoms with Crippen molar-refractivity contribution < 1.29 is 17.9 Å². The van der Waals surface area contributed by atoms with E-state index in [-0.39, 0.29) is 22.6 Å². The summed E-state index contributed by atoms with van der Waals surface area (Å²) < 4.78 is 32.9. The van der Waals surface area contributed by atoms with Gasteiger partial charge >= 0.3 is 0 Å². The zero-order valence-corrected chi connectivity index (χ0v) is 19.0. The van der Waals surface area contributed by atoms with E-state index in [9.17, 15) is 13.2 Å². The Labute approximate surface area is 191 Å². The third-order valence-electron chi connectivity index (χ3n) is 4.00. The minimum absolute atomic E-state index is 0.00585. The van der Waals surface area contributed by atoms with Crippen LogP contribution in [0, 0.1) is 13.8 Å². The van der Waals surface area contributed by atoms with Crippen molar-refractivity contribution in [3.05, 3.63) is 72.1 Å². The molecule has 0 saturated carbocycles. The summed E-state index contributed by atoms with van der Waals surface area (Å²) in [7, 11) is -3.87. The van der Waals surface area contributed by atoms with Crippen molar-refractivity contribution in [3.8, 4) is 5.75 Å². The summed E-state index contributed by atoms with van der Waals surface area (Å²) in [6, 6.07) is 16.5. The van der Waals surface area contributed by atoms with E-state index in [0.717, 1.165) is 0 Å². The molecule has 0 saturated heterocycles. The van der Waals surface area contributed by atoms with Crippen LogP contribution in [0.25, 0.3) is 0 Å². The molecule has 3 N–H and O–H groups in total. The average Bonchev–Trinajstić information content (AvgIpc) is 2.72. The van der Waals surface area contributed by atoms with E-state index in [1.165, 1.54) is 24.3 Å². The van der Waals surface area contributed by atoms with Gasteiger partial charge in [-0.1, -0.05) is 18.2 Å². The molecule has 11 heteroatoms. The van der Waals surface area contributed by atoms with E-state index in [0.29, 0.717) is 22.8 Å². The van der Waals surface area contributed by atoms with Crippen LogP contribution in [0.3, 0.4) is 0 Å². The lowest BCUT2D eigenvalue weighted by atomic mass is 10.3. The Kier molecular flexibility index (Phi) is 7.33. The number of sulfonamides is 1. The van der Waals surface area contributed by atoms with Crippen LogP contribution < -0.4 is 20.1 Å². The Balaban J connectivity index is 1.55. The quantitative estimate of drug-likeness (QED) is 0.450. The molecule has 3 rings (SSSR count). The van der Waals surface area contributed by atoms with Crippen LogP contribution >= 0.6 is 12.2 Å². The molecule has 0 bridgehead atoms. The lowest BCUT2D eigenvalue weighted by Crippen LogP contribution is -2.37. The maximum Gasteiger partial charge on any atom is 0.264 e. The second-order valence-electron chi connectivity index (χ2n) is 6.71. The molecule has 2 aromatic carbocycles. The zero-order chi connectivity index (χ0) is 23.1. The van der Waals surface area contributed by atoms with E-state index in [4.69, 9.17) is 17.0 Å². The van der Waals surface area contributed by atoms with Gasteiger partial charge in [0, 0.05) is 17.1 Å². The maximum absolute atomic E-state index is 12.6. The second kappa shape index (κ2) is 10.2. The molecule has 166 valence electrons. The predicted octanol–water partition coefficient (Wildman–Crippen LogP) is 2.79. The molecular weight excluding hydrogens is 450 g/mol. The number of anilines is 2. The smallest absolute Gasteiger partial charge is 0.264 e. The summed E-state index contributed by atoms with van der Waals surface area (Å²) in [4.78, 5) is 20.2. The minimum Gasteiger partial charge on any atom is -0.484 e. The normalized spacial score (nSPS) is 10.8. The third-order valence-corrected chi connectivity index (χ3v) is 5.54. The van der Waals surface area contributed by atoms with Crippen molar-refractivity contribution in [2.45, 2.75) is 18.7 Å². The summed E-state index contributed by atoms with van der Waals surface area (Å²) in [5.74, 6) is 0.146. The van der Waals surface area contributed by atoms with Gasteiger partial charge in [0.1, 0.15) is 5.75 Å². The van der Waals surface area contributed by atoms with Crippen molar-refractivity contribution in [1.29, 1.82) is 0 Å². The molecule has 0 aliphatic carbocycles. The number of amides is 1. The summed E-state index contributed by atoms with van der Waals surface area (Å²) in [5.41, 5.74) is 1.81. The first-order valence-electron chi connectivity index (χ1n) is 9.45. The van der Waals surface area contributed by atoms with E-state index in [1.807, 2.05) is 6.07 Å². The van der Waals surface area contributed by atoms with Crippen LogP contribution in [0.5, 0.6) is 5.75 Å². The Bertz CT molecular complexity index is 1200. The molecule has 1 aromatic heterocycles. The van der Waals surface area contributed by atoms with Gasteiger partial charge in [-0.25, -0.2) is 23.1 Å². The summed E-state index contributed by atoms with van der Waals surface area (Å²) in [6.07, 6.45) is 0. The number of nitrogens with one attached hydrogen (secondary N) is 3. The lowest BCUT2D eigenvalue weighted by Gasteiger charge is -2.11. The molecule has 0 unspecified atom stereocenters. The van der Waals surface area contributed by atoms with Crippen molar-refractivity contribution in [3.63, 3.8) is 0 Å². The van der Waals surface area contributed by atoms with Gasteiger partial charge in [0.25, 0.3) is 15.9 Å². The van der Waals surface area contributed by atoms with Gasteiger partial charge in [0.2, 0.25) is 5.95 Å². The molecule has 0 aliphatic rings. The van der Waals surface area contributed by atoms with Crippen molar-refractivity contribution in [2.75, 3.05) is 16.6 Å². The standard InChI is InChI=1S/C21H21N5O4S2/c1-14-12-15(2)23-20(22-14)26-32(28,29)18-10-8-16(9-11-18)24-21(31)25-19(27)13-30-17-6-4-3-5-7-17/h3-12H,13H2,1-2H3,(H,22,23,26)(H2,24,25,27,31). The number of rotatable bonds is 7. The molecular formula is C21H21N5O4S2. The van der Waals surface area contributed by atoms with Crippen LogP contribution in [0.2, 0.25) is 0 Å². The Morgan fingerprint density at radius 3 is 2.25 bits per heavy atom. The Morgan fingerprint density at radius 2 is 1.62 bits per heavy atom. The summed E-state index contributed by atoms with van der Waals surface area (Å²) in [6.45, 7) is 3.31. The van der Waals surface area contributed by atoms with E-state index < -0.39 is 15.9 Å². The fourth-order valence-corrected chi connectivity index (χ4v) is 3.83. The molecule has 0 atom stereocenters. The number of carbonyl (C=O) groups is 1. The molecule has 1 amide bonds. The molecule has 0 fully saturated rings. The van der Waals surface area contributed by atoms with Crippen LogP contribution in [-0.4, -0.2) is 36.0 Å². The van der Waals surface area contributed by atoms with Gasteiger partial charge in [-0.15, -0.1) is 0 Å². The van der Waals surface area contributed by atoms with Gasteiger partial charge in [0.05, 0.1) is 4.90 Å². The molecule has 3 aromatic rings. The number of benzene rings is 2. The van der Waals surface area contributed by atoms with Gasteiger partial charge < -0.3 is 10.1 Å². The van der Waals surface area contributed by atoms with Crippen molar-refractivity contribution in [1.82, 2.24) is 15.3 Å². The lowest BCUT2D eigenvalue weighted by molar-refractivity contribution is -0.121. The van der Waals surface area contributed by atoms with Crippen molar-refractivity contribution in [2.24, 2.45) is 0 Å². The minimum atomic E-state index is -3.87. The molecule has 32 heavy (non-hydrogen) atoms. The number of aromatic nitrogens is 2. The summed E-state index contributed by atoms with van der Waals surface area (Å²) in [5, 5.41) is 5.37. The first-order chi connectivity index (χ1) is 15.2. The first kappa shape index (κ1) is 23.1. The molecule has 0 radical (unpaired) electrons. The number of hydrogen-bond acceptors (Lipinski definition) is 7. The predicted molar refractivity (Wildman–Crippen MR) is 125 cm³/mol. The highest BCUT2D eigenvalue weighted by Crippen LogP contribution is 2.17. The number of thiocarbonyl (C=S) groups is 1. The highest BCUT2D eigenvalue weighted by molar-refractivity contribution is 7.92. The number of para-hydroxylation sites is 1. The number of carbonyl (C=O) groups excluding carboxylic acids is 1.